The highest BCUT2D eigenvalue weighted by Gasteiger charge is 2.19. The first-order valence-electron chi connectivity index (χ1n) is 7.36. The maximum absolute atomic E-state index is 13.6. The SMILES string of the molecule is Cc1ccc(F)c(NC(=O)CNc2ccc(S(C)(=O)=O)cc2[N+](=O)[O-])c1. The molecule has 0 saturated heterocycles. The Bertz CT molecular complexity index is 976. The summed E-state index contributed by atoms with van der Waals surface area (Å²) in [5, 5.41) is 16.1. The van der Waals surface area contributed by atoms with E-state index in [1.165, 1.54) is 24.3 Å². The van der Waals surface area contributed by atoms with Gasteiger partial charge in [0.1, 0.15) is 11.5 Å². The maximum atomic E-state index is 13.6. The van der Waals surface area contributed by atoms with Gasteiger partial charge in [-0.1, -0.05) is 6.07 Å². The van der Waals surface area contributed by atoms with Gasteiger partial charge >= 0.3 is 0 Å². The summed E-state index contributed by atoms with van der Waals surface area (Å²) in [6.07, 6.45) is 0.934. The van der Waals surface area contributed by atoms with Gasteiger partial charge in [-0.05, 0) is 36.8 Å². The Morgan fingerprint density at radius 1 is 1.19 bits per heavy atom. The van der Waals surface area contributed by atoms with Crippen molar-refractivity contribution in [2.24, 2.45) is 0 Å². The molecule has 8 nitrogen and oxygen atoms in total. The van der Waals surface area contributed by atoms with E-state index < -0.39 is 32.2 Å². The van der Waals surface area contributed by atoms with Gasteiger partial charge in [-0.2, -0.15) is 0 Å². The summed E-state index contributed by atoms with van der Waals surface area (Å²) in [4.78, 5) is 22.1. The smallest absolute Gasteiger partial charge is 0.293 e. The summed E-state index contributed by atoms with van der Waals surface area (Å²) in [6.45, 7) is 1.37. The van der Waals surface area contributed by atoms with Crippen molar-refractivity contribution in [1.29, 1.82) is 0 Å². The molecule has 0 aliphatic carbocycles. The molecule has 2 N–H and O–H groups in total. The van der Waals surface area contributed by atoms with Crippen LogP contribution < -0.4 is 10.6 Å². The zero-order chi connectivity index (χ0) is 19.5. The van der Waals surface area contributed by atoms with Gasteiger partial charge in [0.15, 0.2) is 9.84 Å². The molecule has 2 rings (SSSR count). The molecule has 2 aromatic rings. The van der Waals surface area contributed by atoms with E-state index in [1.807, 2.05) is 0 Å². The van der Waals surface area contributed by atoms with Crippen molar-refractivity contribution in [2.75, 3.05) is 23.4 Å². The molecule has 0 fully saturated rings. The molecule has 0 atom stereocenters. The number of amides is 1. The third-order valence-corrected chi connectivity index (χ3v) is 4.54. The summed E-state index contributed by atoms with van der Waals surface area (Å²) < 4.78 is 36.6. The molecule has 0 aliphatic rings. The normalized spacial score (nSPS) is 11.0. The monoisotopic (exact) mass is 381 g/mol. The highest BCUT2D eigenvalue weighted by Crippen LogP contribution is 2.27. The Morgan fingerprint density at radius 2 is 1.88 bits per heavy atom. The van der Waals surface area contributed by atoms with Crippen LogP contribution in [0.1, 0.15) is 5.56 Å². The summed E-state index contributed by atoms with van der Waals surface area (Å²) in [7, 11) is -3.61. The van der Waals surface area contributed by atoms with Crippen molar-refractivity contribution in [3.63, 3.8) is 0 Å². The lowest BCUT2D eigenvalue weighted by molar-refractivity contribution is -0.384. The average Bonchev–Trinajstić information content (AvgIpc) is 2.55. The Hall–Kier alpha value is -3.01. The van der Waals surface area contributed by atoms with Crippen LogP contribution in [-0.2, 0) is 14.6 Å². The number of rotatable bonds is 6. The van der Waals surface area contributed by atoms with Crippen molar-refractivity contribution in [1.82, 2.24) is 0 Å². The van der Waals surface area contributed by atoms with Gasteiger partial charge in [-0.25, -0.2) is 12.8 Å². The van der Waals surface area contributed by atoms with Gasteiger partial charge in [0, 0.05) is 12.3 Å². The molecule has 0 spiro atoms. The predicted molar refractivity (Wildman–Crippen MR) is 94.5 cm³/mol. The Balaban J connectivity index is 2.14. The first-order chi connectivity index (χ1) is 12.1. The van der Waals surface area contributed by atoms with E-state index in [2.05, 4.69) is 10.6 Å². The van der Waals surface area contributed by atoms with E-state index in [-0.39, 0.29) is 22.8 Å². The average molecular weight is 381 g/mol. The van der Waals surface area contributed by atoms with Gasteiger partial charge in [0.2, 0.25) is 5.91 Å². The molecule has 0 aliphatic heterocycles. The molecule has 138 valence electrons. The third kappa shape index (κ3) is 4.76. The van der Waals surface area contributed by atoms with Crippen LogP contribution in [0.3, 0.4) is 0 Å². The van der Waals surface area contributed by atoms with Crippen molar-refractivity contribution < 1.29 is 22.5 Å². The highest BCUT2D eigenvalue weighted by molar-refractivity contribution is 7.90. The third-order valence-electron chi connectivity index (χ3n) is 3.43. The number of anilines is 2. The first kappa shape index (κ1) is 19.3. The Morgan fingerprint density at radius 3 is 2.50 bits per heavy atom. The second-order valence-corrected chi connectivity index (χ2v) is 7.61. The largest absolute Gasteiger partial charge is 0.371 e. The Labute approximate surface area is 149 Å². The van der Waals surface area contributed by atoms with Gasteiger partial charge < -0.3 is 10.6 Å². The number of hydrogen-bond donors (Lipinski definition) is 2. The molecule has 0 saturated carbocycles. The molecule has 0 unspecified atom stereocenters. The number of aryl methyl sites for hydroxylation is 1. The number of nitrogens with one attached hydrogen (secondary N) is 2. The first-order valence-corrected chi connectivity index (χ1v) is 9.25. The van der Waals surface area contributed by atoms with Crippen molar-refractivity contribution in [3.05, 3.63) is 57.9 Å². The number of benzene rings is 2. The quantitative estimate of drug-likeness (QED) is 0.586. The molecule has 0 bridgehead atoms. The van der Waals surface area contributed by atoms with Crippen LogP contribution in [0, 0.1) is 22.9 Å². The van der Waals surface area contributed by atoms with Crippen molar-refractivity contribution in [2.45, 2.75) is 11.8 Å². The van der Waals surface area contributed by atoms with E-state index in [0.29, 0.717) is 0 Å². The van der Waals surface area contributed by atoms with E-state index >= 15 is 0 Å². The van der Waals surface area contributed by atoms with Crippen LogP contribution in [0.25, 0.3) is 0 Å². The maximum Gasteiger partial charge on any atom is 0.293 e. The second kappa shape index (κ2) is 7.48. The number of halogens is 1. The molecule has 10 heteroatoms. The minimum absolute atomic E-state index is 0.00118. The molecular formula is C16H16FN3O5S. The number of nitro groups is 1. The zero-order valence-electron chi connectivity index (χ0n) is 13.9. The highest BCUT2D eigenvalue weighted by atomic mass is 32.2. The molecule has 0 heterocycles. The van der Waals surface area contributed by atoms with Gasteiger partial charge in [0.25, 0.3) is 5.69 Å². The molecule has 0 aromatic heterocycles. The fourth-order valence-corrected chi connectivity index (χ4v) is 2.79. The van der Waals surface area contributed by atoms with Crippen molar-refractivity contribution >= 4 is 32.8 Å². The molecule has 2 aromatic carbocycles. The van der Waals surface area contributed by atoms with Crippen LogP contribution in [0.5, 0.6) is 0 Å². The fourth-order valence-electron chi connectivity index (χ4n) is 2.15. The number of nitrogens with zero attached hydrogens (tertiary/aromatic N) is 1. The van der Waals surface area contributed by atoms with E-state index in [9.17, 15) is 27.7 Å². The van der Waals surface area contributed by atoms with Gasteiger partial charge in [0.05, 0.1) is 22.1 Å². The molecule has 26 heavy (non-hydrogen) atoms. The standard InChI is InChI=1S/C16H16FN3O5S/c1-10-3-5-12(17)14(7-10)19-16(21)9-18-13-6-4-11(26(2,24)25)8-15(13)20(22)23/h3-8,18H,9H2,1-2H3,(H,19,21). The van der Waals surface area contributed by atoms with E-state index in [0.717, 1.165) is 17.9 Å². The number of sulfone groups is 1. The summed E-state index contributed by atoms with van der Waals surface area (Å²) >= 11 is 0. The summed E-state index contributed by atoms with van der Waals surface area (Å²) in [6, 6.07) is 7.54. The second-order valence-electron chi connectivity index (χ2n) is 5.59. The number of nitro benzene ring substituents is 1. The zero-order valence-corrected chi connectivity index (χ0v) is 14.8. The fraction of sp³-hybridized carbons (Fsp3) is 0.188. The number of carbonyl (C=O) groups excluding carboxylic acids is 1. The lowest BCUT2D eigenvalue weighted by Gasteiger charge is -2.10. The van der Waals surface area contributed by atoms with Crippen LogP contribution in [-0.4, -0.2) is 32.0 Å². The summed E-state index contributed by atoms with van der Waals surface area (Å²) in [5.41, 5.74) is 0.241. The summed E-state index contributed by atoms with van der Waals surface area (Å²) in [5.74, 6) is -1.22. The lowest BCUT2D eigenvalue weighted by atomic mass is 10.2. The van der Waals surface area contributed by atoms with E-state index in [1.54, 1.807) is 13.0 Å². The van der Waals surface area contributed by atoms with Gasteiger partial charge in [-0.3, -0.25) is 14.9 Å². The minimum atomic E-state index is -3.61. The molecular weight excluding hydrogens is 365 g/mol. The van der Waals surface area contributed by atoms with Crippen LogP contribution in [0.15, 0.2) is 41.3 Å². The minimum Gasteiger partial charge on any atom is -0.371 e. The number of carbonyl (C=O) groups is 1. The molecule has 0 radical (unpaired) electrons. The van der Waals surface area contributed by atoms with Gasteiger partial charge in [-0.15, -0.1) is 0 Å². The molecule has 1 amide bonds. The number of hydrogen-bond acceptors (Lipinski definition) is 6. The topological polar surface area (TPSA) is 118 Å². The van der Waals surface area contributed by atoms with Crippen LogP contribution >= 0.6 is 0 Å². The Kier molecular flexibility index (Phi) is 5.56. The van der Waals surface area contributed by atoms with E-state index in [4.69, 9.17) is 0 Å². The van der Waals surface area contributed by atoms with Crippen LogP contribution in [0.4, 0.5) is 21.5 Å². The van der Waals surface area contributed by atoms with Crippen molar-refractivity contribution in [3.8, 4) is 0 Å². The lowest BCUT2D eigenvalue weighted by Crippen LogP contribution is -2.22. The predicted octanol–water partition coefficient (Wildman–Crippen LogP) is 2.50. The van der Waals surface area contributed by atoms with Crippen LogP contribution in [0.2, 0.25) is 0 Å².